The molecule has 1 N–H and O–H groups in total. The number of hydrogen-bond donors (Lipinski definition) is 1. The van der Waals surface area contributed by atoms with Crippen LogP contribution in [0.25, 0.3) is 0 Å². The van der Waals surface area contributed by atoms with E-state index in [9.17, 15) is 0 Å². The van der Waals surface area contributed by atoms with Gasteiger partial charge >= 0.3 is 0 Å². The van der Waals surface area contributed by atoms with Crippen molar-refractivity contribution in [1.29, 1.82) is 0 Å². The van der Waals surface area contributed by atoms with Crippen molar-refractivity contribution in [3.63, 3.8) is 0 Å². The molecule has 1 aliphatic rings. The van der Waals surface area contributed by atoms with Gasteiger partial charge in [0.1, 0.15) is 0 Å². The fourth-order valence-corrected chi connectivity index (χ4v) is 2.86. The van der Waals surface area contributed by atoms with E-state index in [2.05, 4.69) is 34.8 Å². The first-order chi connectivity index (χ1) is 7.36. The lowest BCUT2D eigenvalue weighted by atomic mass is 10.2. The number of terminal acetylenes is 1. The van der Waals surface area contributed by atoms with Crippen molar-refractivity contribution in [2.24, 2.45) is 0 Å². The minimum Gasteiger partial charge on any atom is -0.312 e. The number of nitrogens with zero attached hydrogens (tertiary/aromatic N) is 1. The molecule has 1 atom stereocenters. The second-order valence-electron chi connectivity index (χ2n) is 3.99. The molecule has 1 unspecified atom stereocenters. The molecule has 1 aliphatic heterocycles. The van der Waals surface area contributed by atoms with Gasteiger partial charge in [0, 0.05) is 30.6 Å². The molecule has 1 saturated heterocycles. The van der Waals surface area contributed by atoms with Gasteiger partial charge in [0.15, 0.2) is 0 Å². The number of hydrogen-bond acceptors (Lipinski definition) is 3. The topological polar surface area (TPSA) is 15.3 Å². The van der Waals surface area contributed by atoms with E-state index in [0.29, 0.717) is 6.04 Å². The zero-order valence-electron chi connectivity index (χ0n) is 9.67. The standard InChI is InChI=1S/C12H22N2S/c1-3-7-14(8-4-2)9-5-12-11-15-10-6-13-12/h1,12-13H,4-11H2,2H3. The summed E-state index contributed by atoms with van der Waals surface area (Å²) in [4.78, 5) is 2.38. The molecule has 3 heteroatoms. The van der Waals surface area contributed by atoms with Crippen molar-refractivity contribution >= 4 is 11.8 Å². The van der Waals surface area contributed by atoms with Gasteiger partial charge in [-0.2, -0.15) is 11.8 Å². The molecule has 0 saturated carbocycles. The SMILES string of the molecule is C#CCN(CCC)CCC1CSCCN1. The Morgan fingerprint density at radius 3 is 3.00 bits per heavy atom. The number of nitrogens with one attached hydrogen (secondary N) is 1. The summed E-state index contributed by atoms with van der Waals surface area (Å²) in [6.45, 7) is 6.44. The van der Waals surface area contributed by atoms with E-state index in [1.165, 1.54) is 24.3 Å². The third kappa shape index (κ3) is 5.46. The average Bonchev–Trinajstić information content (AvgIpc) is 2.28. The van der Waals surface area contributed by atoms with Crippen molar-refractivity contribution < 1.29 is 0 Å². The van der Waals surface area contributed by atoms with Gasteiger partial charge in [-0.25, -0.2) is 0 Å². The minimum atomic E-state index is 0.695. The Balaban J connectivity index is 2.16. The molecule has 86 valence electrons. The summed E-state index contributed by atoms with van der Waals surface area (Å²) in [6, 6.07) is 0.695. The zero-order chi connectivity index (χ0) is 10.9. The van der Waals surface area contributed by atoms with Gasteiger partial charge in [-0.05, 0) is 19.4 Å². The van der Waals surface area contributed by atoms with Gasteiger partial charge < -0.3 is 5.32 Å². The Morgan fingerprint density at radius 2 is 2.40 bits per heavy atom. The van der Waals surface area contributed by atoms with Gasteiger partial charge in [0.05, 0.1) is 6.54 Å². The van der Waals surface area contributed by atoms with Crippen LogP contribution in [0, 0.1) is 12.3 Å². The van der Waals surface area contributed by atoms with Crippen molar-refractivity contribution in [3.8, 4) is 12.3 Å². The van der Waals surface area contributed by atoms with Crippen LogP contribution in [0.3, 0.4) is 0 Å². The highest BCUT2D eigenvalue weighted by molar-refractivity contribution is 7.99. The summed E-state index contributed by atoms with van der Waals surface area (Å²) >= 11 is 2.06. The quantitative estimate of drug-likeness (QED) is 0.690. The van der Waals surface area contributed by atoms with Crippen molar-refractivity contribution in [2.75, 3.05) is 37.7 Å². The molecule has 15 heavy (non-hydrogen) atoms. The van der Waals surface area contributed by atoms with Gasteiger partial charge in [0.25, 0.3) is 0 Å². The van der Waals surface area contributed by atoms with Crippen LogP contribution < -0.4 is 5.32 Å². The van der Waals surface area contributed by atoms with Crippen molar-refractivity contribution in [1.82, 2.24) is 10.2 Å². The maximum atomic E-state index is 5.36. The van der Waals surface area contributed by atoms with Crippen LogP contribution >= 0.6 is 11.8 Å². The molecule has 0 radical (unpaired) electrons. The lowest BCUT2D eigenvalue weighted by Gasteiger charge is -2.26. The van der Waals surface area contributed by atoms with Gasteiger partial charge in [-0.15, -0.1) is 6.42 Å². The Kier molecular flexibility index (Phi) is 6.91. The van der Waals surface area contributed by atoms with Crippen LogP contribution in [0.5, 0.6) is 0 Å². The van der Waals surface area contributed by atoms with Gasteiger partial charge in [-0.3, -0.25) is 4.90 Å². The highest BCUT2D eigenvalue weighted by atomic mass is 32.2. The molecule has 0 aromatic heterocycles. The van der Waals surface area contributed by atoms with Crippen LogP contribution in [0.1, 0.15) is 19.8 Å². The molecular formula is C12H22N2S. The van der Waals surface area contributed by atoms with Crippen molar-refractivity contribution in [3.05, 3.63) is 0 Å². The first-order valence-corrected chi connectivity index (χ1v) is 6.99. The van der Waals surface area contributed by atoms with E-state index in [0.717, 1.165) is 26.2 Å². The fraction of sp³-hybridized carbons (Fsp3) is 0.833. The zero-order valence-corrected chi connectivity index (χ0v) is 10.5. The molecule has 0 spiro atoms. The molecule has 0 amide bonds. The highest BCUT2D eigenvalue weighted by Crippen LogP contribution is 2.10. The Morgan fingerprint density at radius 1 is 1.53 bits per heavy atom. The largest absolute Gasteiger partial charge is 0.312 e. The molecule has 0 aliphatic carbocycles. The second kappa shape index (κ2) is 8.04. The Hall–Kier alpha value is -0.170. The minimum absolute atomic E-state index is 0.695. The van der Waals surface area contributed by atoms with Crippen LogP contribution in [-0.4, -0.2) is 48.6 Å². The molecule has 0 aromatic carbocycles. The molecule has 2 nitrogen and oxygen atoms in total. The van der Waals surface area contributed by atoms with E-state index < -0.39 is 0 Å². The maximum Gasteiger partial charge on any atom is 0.0598 e. The highest BCUT2D eigenvalue weighted by Gasteiger charge is 2.13. The lowest BCUT2D eigenvalue weighted by molar-refractivity contribution is 0.289. The predicted molar refractivity (Wildman–Crippen MR) is 69.3 cm³/mol. The summed E-state index contributed by atoms with van der Waals surface area (Å²) in [5.74, 6) is 5.26. The number of thioether (sulfide) groups is 1. The van der Waals surface area contributed by atoms with Gasteiger partial charge in [-0.1, -0.05) is 12.8 Å². The van der Waals surface area contributed by atoms with Crippen LogP contribution in [-0.2, 0) is 0 Å². The number of rotatable bonds is 6. The van der Waals surface area contributed by atoms with Crippen molar-refractivity contribution in [2.45, 2.75) is 25.8 Å². The normalized spacial score (nSPS) is 21.5. The van der Waals surface area contributed by atoms with Crippen LogP contribution in [0.4, 0.5) is 0 Å². The van der Waals surface area contributed by atoms with E-state index in [1.54, 1.807) is 0 Å². The van der Waals surface area contributed by atoms with Gasteiger partial charge in [0.2, 0.25) is 0 Å². The summed E-state index contributed by atoms with van der Waals surface area (Å²) < 4.78 is 0. The summed E-state index contributed by atoms with van der Waals surface area (Å²) in [5, 5.41) is 3.56. The van der Waals surface area contributed by atoms with E-state index in [-0.39, 0.29) is 0 Å². The summed E-state index contributed by atoms with van der Waals surface area (Å²) in [5.41, 5.74) is 0. The molecule has 0 aromatic rings. The summed E-state index contributed by atoms with van der Waals surface area (Å²) in [7, 11) is 0. The molecule has 1 fully saturated rings. The van der Waals surface area contributed by atoms with Crippen LogP contribution in [0.2, 0.25) is 0 Å². The Bertz CT molecular complexity index is 194. The molecule has 1 heterocycles. The monoisotopic (exact) mass is 226 g/mol. The first-order valence-electron chi connectivity index (χ1n) is 5.83. The fourth-order valence-electron chi connectivity index (χ4n) is 1.86. The molecule has 1 rings (SSSR count). The second-order valence-corrected chi connectivity index (χ2v) is 5.14. The van der Waals surface area contributed by atoms with E-state index in [1.807, 2.05) is 0 Å². The lowest BCUT2D eigenvalue weighted by Crippen LogP contribution is -2.40. The maximum absolute atomic E-state index is 5.36. The van der Waals surface area contributed by atoms with E-state index in [4.69, 9.17) is 6.42 Å². The average molecular weight is 226 g/mol. The third-order valence-corrected chi connectivity index (χ3v) is 3.78. The molecular weight excluding hydrogens is 204 g/mol. The Labute approximate surface area is 98.2 Å². The smallest absolute Gasteiger partial charge is 0.0598 e. The van der Waals surface area contributed by atoms with Crippen LogP contribution in [0.15, 0.2) is 0 Å². The summed E-state index contributed by atoms with van der Waals surface area (Å²) in [6.07, 6.45) is 7.78. The first kappa shape index (κ1) is 12.9. The third-order valence-electron chi connectivity index (χ3n) is 2.65. The molecule has 0 bridgehead atoms. The predicted octanol–water partition coefficient (Wildman–Crippen LogP) is 1.43. The van der Waals surface area contributed by atoms with E-state index >= 15 is 0 Å².